The SMILES string of the molecule is Nc1nc(SCc2ccccc2)[nH]c(=O)c1N1CCCC1. The zero-order chi connectivity index (χ0) is 14.7. The molecule has 0 saturated carbocycles. The Morgan fingerprint density at radius 2 is 1.95 bits per heavy atom. The second kappa shape index (κ2) is 6.22. The summed E-state index contributed by atoms with van der Waals surface area (Å²) in [6, 6.07) is 10.1. The molecule has 5 nitrogen and oxygen atoms in total. The molecule has 0 atom stereocenters. The van der Waals surface area contributed by atoms with E-state index in [2.05, 4.69) is 9.97 Å². The molecule has 1 aromatic carbocycles. The van der Waals surface area contributed by atoms with Crippen LogP contribution < -0.4 is 16.2 Å². The summed E-state index contributed by atoms with van der Waals surface area (Å²) in [7, 11) is 0. The van der Waals surface area contributed by atoms with Crippen LogP contribution in [0, 0.1) is 0 Å². The first-order valence-corrected chi connectivity index (χ1v) is 8.04. The molecule has 0 spiro atoms. The second-order valence-electron chi connectivity index (χ2n) is 5.07. The van der Waals surface area contributed by atoms with Crippen molar-refractivity contribution in [3.63, 3.8) is 0 Å². The van der Waals surface area contributed by atoms with Gasteiger partial charge in [0.25, 0.3) is 5.56 Å². The van der Waals surface area contributed by atoms with Gasteiger partial charge in [0.1, 0.15) is 5.69 Å². The lowest BCUT2D eigenvalue weighted by Crippen LogP contribution is -2.28. The summed E-state index contributed by atoms with van der Waals surface area (Å²) in [5.41, 5.74) is 7.56. The number of nitrogen functional groups attached to an aromatic ring is 1. The van der Waals surface area contributed by atoms with Crippen molar-refractivity contribution in [2.45, 2.75) is 23.8 Å². The number of nitrogens with one attached hydrogen (secondary N) is 1. The molecule has 21 heavy (non-hydrogen) atoms. The number of hydrogen-bond donors (Lipinski definition) is 2. The largest absolute Gasteiger partial charge is 0.382 e. The number of anilines is 2. The molecule has 0 radical (unpaired) electrons. The first-order valence-electron chi connectivity index (χ1n) is 7.05. The summed E-state index contributed by atoms with van der Waals surface area (Å²) < 4.78 is 0. The van der Waals surface area contributed by atoms with Crippen LogP contribution in [0.3, 0.4) is 0 Å². The smallest absolute Gasteiger partial charge is 0.277 e. The summed E-state index contributed by atoms with van der Waals surface area (Å²) in [5.74, 6) is 1.09. The van der Waals surface area contributed by atoms with E-state index >= 15 is 0 Å². The number of nitrogens with two attached hydrogens (primary N) is 1. The number of nitrogens with zero attached hydrogens (tertiary/aromatic N) is 2. The van der Waals surface area contributed by atoms with Gasteiger partial charge in [0.05, 0.1) is 0 Å². The van der Waals surface area contributed by atoms with Gasteiger partial charge in [0.2, 0.25) is 0 Å². The molecule has 1 aliphatic rings. The van der Waals surface area contributed by atoms with Gasteiger partial charge in [-0.05, 0) is 18.4 Å². The third-order valence-electron chi connectivity index (χ3n) is 3.54. The Morgan fingerprint density at radius 1 is 1.24 bits per heavy atom. The number of aromatic amines is 1. The lowest BCUT2D eigenvalue weighted by molar-refractivity contribution is 0.890. The topological polar surface area (TPSA) is 75.0 Å². The van der Waals surface area contributed by atoms with E-state index in [4.69, 9.17) is 5.73 Å². The molecule has 110 valence electrons. The summed E-state index contributed by atoms with van der Waals surface area (Å²) in [5, 5.41) is 0.573. The third kappa shape index (κ3) is 3.21. The Labute approximate surface area is 127 Å². The monoisotopic (exact) mass is 302 g/mol. The quantitative estimate of drug-likeness (QED) is 0.669. The van der Waals surface area contributed by atoms with Gasteiger partial charge in [-0.25, -0.2) is 4.98 Å². The Kier molecular flexibility index (Phi) is 4.15. The Morgan fingerprint density at radius 3 is 2.62 bits per heavy atom. The zero-order valence-electron chi connectivity index (χ0n) is 11.7. The highest BCUT2D eigenvalue weighted by atomic mass is 32.2. The first-order chi connectivity index (χ1) is 10.2. The van der Waals surface area contributed by atoms with Gasteiger partial charge in [0, 0.05) is 18.8 Å². The summed E-state index contributed by atoms with van der Waals surface area (Å²) in [4.78, 5) is 21.4. The lowest BCUT2D eigenvalue weighted by atomic mass is 10.2. The van der Waals surface area contributed by atoms with E-state index in [1.807, 2.05) is 35.2 Å². The average molecular weight is 302 g/mol. The number of rotatable bonds is 4. The molecule has 2 aromatic rings. The second-order valence-corrected chi connectivity index (χ2v) is 6.04. The van der Waals surface area contributed by atoms with E-state index < -0.39 is 0 Å². The van der Waals surface area contributed by atoms with E-state index in [9.17, 15) is 4.79 Å². The van der Waals surface area contributed by atoms with Crippen molar-refractivity contribution in [3.8, 4) is 0 Å². The maximum absolute atomic E-state index is 12.2. The van der Waals surface area contributed by atoms with Gasteiger partial charge in [-0.15, -0.1) is 0 Å². The van der Waals surface area contributed by atoms with Crippen LogP contribution in [-0.4, -0.2) is 23.1 Å². The fraction of sp³-hybridized carbons (Fsp3) is 0.333. The maximum Gasteiger partial charge on any atom is 0.277 e. The van der Waals surface area contributed by atoms with Crippen molar-refractivity contribution in [1.82, 2.24) is 9.97 Å². The molecule has 3 N–H and O–H groups in total. The molecule has 1 fully saturated rings. The first kappa shape index (κ1) is 14.0. The van der Waals surface area contributed by atoms with Crippen molar-refractivity contribution < 1.29 is 0 Å². The number of hydrogen-bond acceptors (Lipinski definition) is 5. The highest BCUT2D eigenvalue weighted by Gasteiger charge is 2.19. The van der Waals surface area contributed by atoms with Crippen molar-refractivity contribution >= 4 is 23.3 Å². The van der Waals surface area contributed by atoms with E-state index in [0.717, 1.165) is 31.7 Å². The van der Waals surface area contributed by atoms with E-state index in [-0.39, 0.29) is 5.56 Å². The van der Waals surface area contributed by atoms with Crippen LogP contribution in [0.25, 0.3) is 0 Å². The highest BCUT2D eigenvalue weighted by Crippen LogP contribution is 2.24. The molecule has 3 rings (SSSR count). The third-order valence-corrected chi connectivity index (χ3v) is 4.49. The Hall–Kier alpha value is -1.95. The van der Waals surface area contributed by atoms with Gasteiger partial charge < -0.3 is 10.6 Å². The average Bonchev–Trinajstić information content (AvgIpc) is 2.99. The van der Waals surface area contributed by atoms with Crippen LogP contribution in [0.15, 0.2) is 40.3 Å². The molecular weight excluding hydrogens is 284 g/mol. The Balaban J connectivity index is 1.77. The van der Waals surface area contributed by atoms with E-state index in [0.29, 0.717) is 16.7 Å². The van der Waals surface area contributed by atoms with Crippen LogP contribution in [0.4, 0.5) is 11.5 Å². The van der Waals surface area contributed by atoms with E-state index in [1.54, 1.807) is 0 Å². The number of aromatic nitrogens is 2. The lowest BCUT2D eigenvalue weighted by Gasteiger charge is -2.17. The van der Waals surface area contributed by atoms with Crippen molar-refractivity contribution in [3.05, 3.63) is 46.2 Å². The van der Waals surface area contributed by atoms with Gasteiger partial charge >= 0.3 is 0 Å². The molecule has 0 aliphatic carbocycles. The predicted octanol–water partition coefficient (Wildman–Crippen LogP) is 2.24. The minimum absolute atomic E-state index is 0.139. The van der Waals surface area contributed by atoms with Crippen LogP contribution in [-0.2, 0) is 5.75 Å². The van der Waals surface area contributed by atoms with Gasteiger partial charge in [-0.3, -0.25) is 9.78 Å². The molecule has 2 heterocycles. The standard InChI is InChI=1S/C15H18N4OS/c16-13-12(19-8-4-5-9-19)14(20)18-15(17-13)21-10-11-6-2-1-3-7-11/h1-3,6-7H,4-5,8-10H2,(H3,16,17,18,20). The van der Waals surface area contributed by atoms with Gasteiger partial charge in [-0.2, -0.15) is 0 Å². The number of H-pyrrole nitrogens is 1. The van der Waals surface area contributed by atoms with Gasteiger partial charge in [0.15, 0.2) is 11.0 Å². The van der Waals surface area contributed by atoms with Crippen LogP contribution >= 0.6 is 11.8 Å². The molecule has 0 unspecified atom stereocenters. The normalized spacial score (nSPS) is 14.6. The fourth-order valence-electron chi connectivity index (χ4n) is 2.50. The Bertz CT molecular complexity index is 665. The molecule has 1 saturated heterocycles. The van der Waals surface area contributed by atoms with Crippen molar-refractivity contribution in [2.24, 2.45) is 0 Å². The minimum atomic E-state index is -0.139. The number of benzene rings is 1. The number of thioether (sulfide) groups is 1. The zero-order valence-corrected chi connectivity index (χ0v) is 12.5. The molecule has 0 amide bonds. The van der Waals surface area contributed by atoms with Gasteiger partial charge in [-0.1, -0.05) is 42.1 Å². The summed E-state index contributed by atoms with van der Waals surface area (Å²) in [6.45, 7) is 1.76. The van der Waals surface area contributed by atoms with E-state index in [1.165, 1.54) is 17.3 Å². The summed E-state index contributed by atoms with van der Waals surface area (Å²) in [6.07, 6.45) is 2.20. The predicted molar refractivity (Wildman–Crippen MR) is 86.7 cm³/mol. The fourth-order valence-corrected chi connectivity index (χ4v) is 3.33. The molecule has 1 aliphatic heterocycles. The summed E-state index contributed by atoms with van der Waals surface area (Å²) >= 11 is 1.49. The highest BCUT2D eigenvalue weighted by molar-refractivity contribution is 7.98. The molecule has 1 aromatic heterocycles. The van der Waals surface area contributed by atoms with Crippen LogP contribution in [0.1, 0.15) is 18.4 Å². The maximum atomic E-state index is 12.2. The minimum Gasteiger partial charge on any atom is -0.382 e. The van der Waals surface area contributed by atoms with Crippen molar-refractivity contribution in [1.29, 1.82) is 0 Å². The molecule has 6 heteroatoms. The van der Waals surface area contributed by atoms with Crippen LogP contribution in [0.5, 0.6) is 0 Å². The molecule has 0 bridgehead atoms. The van der Waals surface area contributed by atoms with Crippen molar-refractivity contribution in [2.75, 3.05) is 23.7 Å². The van der Waals surface area contributed by atoms with Crippen LogP contribution in [0.2, 0.25) is 0 Å². The molecular formula is C15H18N4OS.